The summed E-state index contributed by atoms with van der Waals surface area (Å²) in [7, 11) is 1.51. The first kappa shape index (κ1) is 24.6. The summed E-state index contributed by atoms with van der Waals surface area (Å²) >= 11 is 0. The molecule has 184 valence electrons. The van der Waals surface area contributed by atoms with Crippen LogP contribution in [0.15, 0.2) is 81.5 Å². The number of benzene rings is 3. The van der Waals surface area contributed by atoms with E-state index in [4.69, 9.17) is 13.9 Å². The molecule has 0 amide bonds. The van der Waals surface area contributed by atoms with Crippen molar-refractivity contribution in [2.24, 2.45) is 0 Å². The highest BCUT2D eigenvalue weighted by Gasteiger charge is 2.19. The van der Waals surface area contributed by atoms with Gasteiger partial charge in [0.25, 0.3) is 0 Å². The molecular weight excluding hydrogens is 460 g/mol. The molecule has 0 bridgehead atoms. The average Bonchev–Trinajstić information content (AvgIpc) is 3.05. The van der Waals surface area contributed by atoms with Crippen molar-refractivity contribution in [3.05, 3.63) is 105 Å². The molecule has 4 aromatic rings. The molecule has 0 saturated heterocycles. The molecule has 3 aromatic carbocycles. The van der Waals surface area contributed by atoms with Gasteiger partial charge in [-0.25, -0.2) is 0 Å². The number of ketones is 1. The average molecular weight is 487 g/mol. The van der Waals surface area contributed by atoms with Crippen molar-refractivity contribution in [2.45, 2.75) is 20.3 Å². The number of hydrogen-bond donors (Lipinski definition) is 2. The Kier molecular flexibility index (Phi) is 7.10. The Bertz CT molecular complexity index is 1510. The Morgan fingerprint density at radius 3 is 2.44 bits per heavy atom. The number of aryl methyl sites for hydroxylation is 1. The Morgan fingerprint density at radius 2 is 1.75 bits per heavy atom. The Labute approximate surface area is 207 Å². The van der Waals surface area contributed by atoms with Crippen molar-refractivity contribution in [1.82, 2.24) is 0 Å². The molecule has 1 aromatic heterocycles. The van der Waals surface area contributed by atoms with Gasteiger partial charge in [-0.2, -0.15) is 0 Å². The number of fused-ring (bicyclic) bond motifs is 2. The highest BCUT2D eigenvalue weighted by molar-refractivity contribution is 6.10. The van der Waals surface area contributed by atoms with Gasteiger partial charge in [0.1, 0.15) is 46.3 Å². The molecule has 1 aliphatic heterocycles. The fourth-order valence-electron chi connectivity index (χ4n) is 3.87. The predicted molar refractivity (Wildman–Crippen MR) is 136 cm³/mol. The molecule has 0 fully saturated rings. The zero-order chi connectivity index (χ0) is 25.8. The lowest BCUT2D eigenvalue weighted by atomic mass is 10.0. The maximum Gasteiger partial charge on any atom is 0.196 e. The second-order valence-corrected chi connectivity index (χ2v) is 8.42. The molecule has 2 N–H and O–H groups in total. The number of aromatic hydroxyl groups is 2. The lowest BCUT2D eigenvalue weighted by Crippen LogP contribution is -2.04. The molecule has 0 spiro atoms. The maximum atomic E-state index is 12.1. The van der Waals surface area contributed by atoms with Gasteiger partial charge in [-0.1, -0.05) is 36.4 Å². The molecule has 5 rings (SSSR count). The Balaban J connectivity index is 0.000000170. The van der Waals surface area contributed by atoms with Gasteiger partial charge >= 0.3 is 0 Å². The maximum absolute atomic E-state index is 12.1. The summed E-state index contributed by atoms with van der Waals surface area (Å²) in [6, 6.07) is 16.5. The standard InChI is InChI=1S/C15H14O4.C14H12O3/c1-8-3-4-10-12(18-7-8)6-13-14(15(10)17)11(16)5-9(2)19-13;1-17-11-7-8-12(13(15)9-11)14(16)10-5-3-2-4-6-10/h3,5-6,17H,4,7H2,1-2H3;2-9,15H,1H3. The van der Waals surface area contributed by atoms with Crippen LogP contribution in [-0.2, 0) is 6.42 Å². The first-order valence-electron chi connectivity index (χ1n) is 11.3. The molecule has 0 atom stereocenters. The predicted octanol–water partition coefficient (Wildman–Crippen LogP) is 5.32. The summed E-state index contributed by atoms with van der Waals surface area (Å²) in [6.45, 7) is 4.15. The molecular formula is C29H26O7. The second kappa shape index (κ2) is 10.4. The third kappa shape index (κ3) is 5.10. The van der Waals surface area contributed by atoms with Gasteiger partial charge in [0, 0.05) is 29.3 Å². The summed E-state index contributed by atoms with van der Waals surface area (Å²) in [6.07, 6.45) is 2.55. The SMILES string of the molecule is CC1=CCc2c(cc3oc(C)cc(=O)c3c2O)OC1.COc1ccc(C(=O)c2ccccc2)c(O)c1. The van der Waals surface area contributed by atoms with Crippen molar-refractivity contribution >= 4 is 16.8 Å². The van der Waals surface area contributed by atoms with Gasteiger partial charge in [0.2, 0.25) is 0 Å². The lowest BCUT2D eigenvalue weighted by Gasteiger charge is -2.11. The number of carbonyl (C=O) groups is 1. The van der Waals surface area contributed by atoms with Crippen LogP contribution >= 0.6 is 0 Å². The summed E-state index contributed by atoms with van der Waals surface area (Å²) in [5.41, 5.74) is 2.69. The number of phenols is 2. The second-order valence-electron chi connectivity index (χ2n) is 8.42. The van der Waals surface area contributed by atoms with Crippen LogP contribution in [0.1, 0.15) is 34.2 Å². The third-order valence-electron chi connectivity index (χ3n) is 5.78. The van der Waals surface area contributed by atoms with Gasteiger partial charge in [0.05, 0.1) is 12.7 Å². The van der Waals surface area contributed by atoms with Crippen molar-refractivity contribution in [3.8, 4) is 23.0 Å². The Morgan fingerprint density at radius 1 is 1.00 bits per heavy atom. The van der Waals surface area contributed by atoms with Gasteiger partial charge in [-0.15, -0.1) is 0 Å². The number of methoxy groups -OCH3 is 1. The summed E-state index contributed by atoms with van der Waals surface area (Å²) < 4.78 is 16.1. The van der Waals surface area contributed by atoms with Crippen molar-refractivity contribution < 1.29 is 28.9 Å². The van der Waals surface area contributed by atoms with E-state index in [1.165, 1.54) is 19.2 Å². The van der Waals surface area contributed by atoms with Crippen LogP contribution in [0.4, 0.5) is 0 Å². The van der Waals surface area contributed by atoms with Gasteiger partial charge in [0.15, 0.2) is 11.2 Å². The zero-order valence-electron chi connectivity index (χ0n) is 20.2. The molecule has 0 radical (unpaired) electrons. The smallest absolute Gasteiger partial charge is 0.196 e. The number of phenolic OH excluding ortho intramolecular Hbond substituents is 2. The van der Waals surface area contributed by atoms with E-state index < -0.39 is 0 Å². The summed E-state index contributed by atoms with van der Waals surface area (Å²) in [5.74, 6) is 1.30. The third-order valence-corrected chi connectivity index (χ3v) is 5.78. The van der Waals surface area contributed by atoms with Crippen LogP contribution in [0, 0.1) is 6.92 Å². The van der Waals surface area contributed by atoms with Crippen LogP contribution in [0.3, 0.4) is 0 Å². The molecule has 7 heteroatoms. The monoisotopic (exact) mass is 486 g/mol. The van der Waals surface area contributed by atoms with E-state index in [0.29, 0.717) is 47.0 Å². The van der Waals surface area contributed by atoms with E-state index in [1.54, 1.807) is 49.4 Å². The molecule has 1 aliphatic rings. The molecule has 7 nitrogen and oxygen atoms in total. The summed E-state index contributed by atoms with van der Waals surface area (Å²) in [5, 5.41) is 20.3. The molecule has 2 heterocycles. The number of rotatable bonds is 3. The first-order valence-corrected chi connectivity index (χ1v) is 11.3. The van der Waals surface area contributed by atoms with Crippen LogP contribution in [0.2, 0.25) is 0 Å². The fourth-order valence-corrected chi connectivity index (χ4v) is 3.87. The van der Waals surface area contributed by atoms with Gasteiger partial charge in [-0.05, 0) is 38.0 Å². The normalized spacial score (nSPS) is 12.4. The molecule has 0 unspecified atom stereocenters. The first-order chi connectivity index (χ1) is 17.3. The number of hydrogen-bond acceptors (Lipinski definition) is 7. The van der Waals surface area contributed by atoms with Crippen LogP contribution in [0.5, 0.6) is 23.0 Å². The highest BCUT2D eigenvalue weighted by Crippen LogP contribution is 2.37. The van der Waals surface area contributed by atoms with E-state index in [0.717, 1.165) is 5.57 Å². The van der Waals surface area contributed by atoms with Crippen molar-refractivity contribution in [3.63, 3.8) is 0 Å². The minimum atomic E-state index is -0.232. The minimum Gasteiger partial charge on any atom is -0.507 e. The quantitative estimate of drug-likeness (QED) is 0.298. The van der Waals surface area contributed by atoms with E-state index in [1.807, 2.05) is 19.1 Å². The van der Waals surface area contributed by atoms with Crippen molar-refractivity contribution in [2.75, 3.05) is 13.7 Å². The van der Waals surface area contributed by atoms with E-state index >= 15 is 0 Å². The topological polar surface area (TPSA) is 106 Å². The van der Waals surface area contributed by atoms with Crippen LogP contribution in [0.25, 0.3) is 11.0 Å². The minimum absolute atomic E-state index is 0.0350. The Hall–Kier alpha value is -4.52. The van der Waals surface area contributed by atoms with Crippen LogP contribution < -0.4 is 14.9 Å². The molecule has 0 saturated carbocycles. The van der Waals surface area contributed by atoms with Gasteiger partial charge in [-0.3, -0.25) is 9.59 Å². The lowest BCUT2D eigenvalue weighted by molar-refractivity contribution is 0.103. The largest absolute Gasteiger partial charge is 0.507 e. The van der Waals surface area contributed by atoms with Crippen LogP contribution in [-0.4, -0.2) is 29.7 Å². The van der Waals surface area contributed by atoms with Gasteiger partial charge < -0.3 is 24.1 Å². The highest BCUT2D eigenvalue weighted by atomic mass is 16.5. The number of carbonyl (C=O) groups excluding carboxylic acids is 1. The molecule has 36 heavy (non-hydrogen) atoms. The zero-order valence-corrected chi connectivity index (χ0v) is 20.2. The fraction of sp³-hybridized carbons (Fsp3) is 0.172. The van der Waals surface area contributed by atoms with E-state index in [2.05, 4.69) is 0 Å². The summed E-state index contributed by atoms with van der Waals surface area (Å²) in [4.78, 5) is 24.0. The molecule has 0 aliphatic carbocycles. The number of ether oxygens (including phenoxy) is 2. The van der Waals surface area contributed by atoms with E-state index in [9.17, 15) is 19.8 Å². The number of allylic oxidation sites excluding steroid dienone is 1. The van der Waals surface area contributed by atoms with E-state index in [-0.39, 0.29) is 33.7 Å². The van der Waals surface area contributed by atoms with Crippen molar-refractivity contribution in [1.29, 1.82) is 0 Å².